The normalized spacial score (nSPS) is 12.1. The van der Waals surface area contributed by atoms with E-state index in [2.05, 4.69) is 0 Å². The summed E-state index contributed by atoms with van der Waals surface area (Å²) in [6, 6.07) is 34.5. The average Bonchev–Trinajstić information content (AvgIpc) is 2.84. The fourth-order valence-electron chi connectivity index (χ4n) is 3.56. The summed E-state index contributed by atoms with van der Waals surface area (Å²) < 4.78 is 0. The van der Waals surface area contributed by atoms with Crippen LogP contribution in [0.2, 0.25) is 0 Å². The summed E-state index contributed by atoms with van der Waals surface area (Å²) in [6.07, 6.45) is 0. The molecule has 0 aliphatic rings. The molecule has 2 atom stereocenters. The Hall–Kier alpha value is -2.95. The van der Waals surface area contributed by atoms with Crippen molar-refractivity contribution in [2.75, 3.05) is 0 Å². The van der Waals surface area contributed by atoms with E-state index in [0.29, 0.717) is 11.1 Å². The van der Waals surface area contributed by atoms with E-state index < -0.39 is 0 Å². The highest BCUT2D eigenvalue weighted by molar-refractivity contribution is 6.09. The Kier molecular flexibility index (Phi) is 9.18. The number of rotatable bonds is 6. The molecule has 0 saturated heterocycles. The Balaban J connectivity index is 0.00000181. The van der Waals surface area contributed by atoms with Gasteiger partial charge in [0.05, 0.1) is 12.1 Å². The van der Waals surface area contributed by atoms with Gasteiger partial charge in [-0.3, -0.25) is 4.79 Å². The smallest absolute Gasteiger partial charge is 0.193 e. The zero-order valence-corrected chi connectivity index (χ0v) is 19.1. The Morgan fingerprint density at radius 3 is 1.06 bits per heavy atom. The molecular formula is C27H26Cl2N2O. The molecule has 0 aromatic heterocycles. The summed E-state index contributed by atoms with van der Waals surface area (Å²) in [5, 5.41) is 0. The number of benzene rings is 4. The van der Waals surface area contributed by atoms with E-state index in [9.17, 15) is 4.79 Å². The molecule has 164 valence electrons. The Morgan fingerprint density at radius 1 is 0.469 bits per heavy atom. The van der Waals surface area contributed by atoms with E-state index in [1.54, 1.807) is 0 Å². The van der Waals surface area contributed by atoms with Gasteiger partial charge in [-0.05, 0) is 22.3 Å². The van der Waals surface area contributed by atoms with E-state index in [4.69, 9.17) is 11.5 Å². The Labute approximate surface area is 201 Å². The highest BCUT2D eigenvalue weighted by Crippen LogP contribution is 2.22. The van der Waals surface area contributed by atoms with E-state index in [0.717, 1.165) is 22.3 Å². The van der Waals surface area contributed by atoms with Crippen molar-refractivity contribution in [3.8, 4) is 0 Å². The van der Waals surface area contributed by atoms with Crippen LogP contribution >= 0.6 is 24.8 Å². The number of ketones is 1. The fraction of sp³-hybridized carbons (Fsp3) is 0.0741. The van der Waals surface area contributed by atoms with Gasteiger partial charge in [-0.2, -0.15) is 0 Å². The molecule has 32 heavy (non-hydrogen) atoms. The van der Waals surface area contributed by atoms with E-state index in [1.807, 2.05) is 109 Å². The molecule has 0 aliphatic carbocycles. The van der Waals surface area contributed by atoms with Gasteiger partial charge in [-0.1, -0.05) is 109 Å². The van der Waals surface area contributed by atoms with Crippen molar-refractivity contribution in [3.63, 3.8) is 0 Å². The molecule has 0 heterocycles. The highest BCUT2D eigenvalue weighted by Gasteiger charge is 2.14. The minimum absolute atomic E-state index is 0. The maximum absolute atomic E-state index is 12.9. The minimum Gasteiger partial charge on any atom is -0.320 e. The first-order valence-corrected chi connectivity index (χ1v) is 9.99. The largest absolute Gasteiger partial charge is 0.320 e. The lowest BCUT2D eigenvalue weighted by molar-refractivity contribution is 0.103. The van der Waals surface area contributed by atoms with Crippen LogP contribution in [-0.2, 0) is 0 Å². The second-order valence-corrected chi connectivity index (χ2v) is 7.35. The molecule has 0 saturated carbocycles. The van der Waals surface area contributed by atoms with Crippen molar-refractivity contribution >= 4 is 30.6 Å². The van der Waals surface area contributed by atoms with Gasteiger partial charge in [0, 0.05) is 11.1 Å². The molecule has 0 spiro atoms. The number of carbonyl (C=O) groups is 1. The van der Waals surface area contributed by atoms with Crippen LogP contribution in [0.5, 0.6) is 0 Å². The number of carbonyl (C=O) groups excluding carboxylic acids is 1. The monoisotopic (exact) mass is 464 g/mol. The SMILES string of the molecule is Cl.Cl.NC(c1ccccc1)c1ccc(C(=O)c2ccc(C(N)c3ccccc3)cc2)cc1. The summed E-state index contributed by atoms with van der Waals surface area (Å²) in [6.45, 7) is 0. The van der Waals surface area contributed by atoms with Crippen LogP contribution in [0.15, 0.2) is 109 Å². The third-order valence-corrected chi connectivity index (χ3v) is 5.38. The first-order chi connectivity index (χ1) is 14.6. The van der Waals surface area contributed by atoms with Crippen molar-refractivity contribution in [1.82, 2.24) is 0 Å². The summed E-state index contributed by atoms with van der Waals surface area (Å²) >= 11 is 0. The van der Waals surface area contributed by atoms with Gasteiger partial charge in [0.1, 0.15) is 0 Å². The third kappa shape index (κ3) is 5.64. The van der Waals surface area contributed by atoms with Gasteiger partial charge in [0.2, 0.25) is 0 Å². The predicted octanol–water partition coefficient (Wildman–Crippen LogP) is 5.86. The number of hydrogen-bond acceptors (Lipinski definition) is 3. The topological polar surface area (TPSA) is 69.1 Å². The van der Waals surface area contributed by atoms with Gasteiger partial charge >= 0.3 is 0 Å². The molecule has 0 aliphatic heterocycles. The maximum atomic E-state index is 12.9. The molecule has 4 N–H and O–H groups in total. The van der Waals surface area contributed by atoms with Gasteiger partial charge in [0.25, 0.3) is 0 Å². The highest BCUT2D eigenvalue weighted by atomic mass is 35.5. The second kappa shape index (κ2) is 11.6. The lowest BCUT2D eigenvalue weighted by atomic mass is 9.95. The van der Waals surface area contributed by atoms with Crippen LogP contribution in [0, 0.1) is 0 Å². The van der Waals surface area contributed by atoms with Crippen LogP contribution in [0.1, 0.15) is 50.3 Å². The molecule has 0 radical (unpaired) electrons. The molecule has 3 nitrogen and oxygen atoms in total. The summed E-state index contributed by atoms with van der Waals surface area (Å²) in [5.74, 6) is -0.0188. The Morgan fingerprint density at radius 2 is 0.750 bits per heavy atom. The van der Waals surface area contributed by atoms with Crippen LogP contribution in [-0.4, -0.2) is 5.78 Å². The lowest BCUT2D eigenvalue weighted by Gasteiger charge is -2.14. The molecular weight excluding hydrogens is 439 g/mol. The molecule has 4 aromatic carbocycles. The van der Waals surface area contributed by atoms with Gasteiger partial charge < -0.3 is 11.5 Å². The maximum Gasteiger partial charge on any atom is 0.193 e. The summed E-state index contributed by atoms with van der Waals surface area (Å²) in [5.41, 5.74) is 18.0. The van der Waals surface area contributed by atoms with Gasteiger partial charge in [-0.15, -0.1) is 24.8 Å². The minimum atomic E-state index is -0.214. The molecule has 0 fully saturated rings. The number of hydrogen-bond donors (Lipinski definition) is 2. The van der Waals surface area contributed by atoms with Gasteiger partial charge in [-0.25, -0.2) is 0 Å². The van der Waals surface area contributed by atoms with E-state index in [1.165, 1.54) is 0 Å². The lowest BCUT2D eigenvalue weighted by Crippen LogP contribution is -2.12. The standard InChI is InChI=1S/C27H24N2O.2ClH/c28-25(19-7-3-1-4-8-19)21-11-15-23(16-12-21)27(30)24-17-13-22(14-18-24)26(29)20-9-5-2-6-10-20;;/h1-18,25-26H,28-29H2;2*1H. The quantitative estimate of drug-likeness (QED) is 0.351. The average molecular weight is 465 g/mol. The second-order valence-electron chi connectivity index (χ2n) is 7.35. The van der Waals surface area contributed by atoms with Crippen LogP contribution in [0.3, 0.4) is 0 Å². The molecule has 4 aromatic rings. The molecule has 0 amide bonds. The third-order valence-electron chi connectivity index (χ3n) is 5.38. The van der Waals surface area contributed by atoms with E-state index in [-0.39, 0.29) is 42.7 Å². The van der Waals surface area contributed by atoms with Crippen molar-refractivity contribution < 1.29 is 4.79 Å². The zero-order chi connectivity index (χ0) is 20.9. The first kappa shape index (κ1) is 25.3. The van der Waals surface area contributed by atoms with Crippen LogP contribution < -0.4 is 11.5 Å². The Bertz CT molecular complexity index is 1020. The van der Waals surface area contributed by atoms with Crippen LogP contribution in [0.25, 0.3) is 0 Å². The summed E-state index contributed by atoms with van der Waals surface area (Å²) in [7, 11) is 0. The van der Waals surface area contributed by atoms with E-state index >= 15 is 0 Å². The van der Waals surface area contributed by atoms with Gasteiger partial charge in [0.15, 0.2) is 5.78 Å². The number of nitrogens with two attached hydrogens (primary N) is 2. The fourth-order valence-corrected chi connectivity index (χ4v) is 3.56. The summed E-state index contributed by atoms with van der Waals surface area (Å²) in [4.78, 5) is 12.9. The molecule has 2 unspecified atom stereocenters. The first-order valence-electron chi connectivity index (χ1n) is 9.99. The zero-order valence-electron chi connectivity index (χ0n) is 17.4. The van der Waals surface area contributed by atoms with Crippen molar-refractivity contribution in [2.24, 2.45) is 11.5 Å². The van der Waals surface area contributed by atoms with Crippen LogP contribution in [0.4, 0.5) is 0 Å². The molecule has 5 heteroatoms. The number of halogens is 2. The predicted molar refractivity (Wildman–Crippen MR) is 136 cm³/mol. The van der Waals surface area contributed by atoms with Crippen molar-refractivity contribution in [3.05, 3.63) is 143 Å². The molecule has 0 bridgehead atoms. The molecule has 4 rings (SSSR count). The van der Waals surface area contributed by atoms with Crippen molar-refractivity contribution in [2.45, 2.75) is 12.1 Å². The van der Waals surface area contributed by atoms with Crippen molar-refractivity contribution in [1.29, 1.82) is 0 Å².